The van der Waals surface area contributed by atoms with Crippen LogP contribution in [0.2, 0.25) is 0 Å². The second-order valence-corrected chi connectivity index (χ2v) is 7.79. The molecule has 0 aliphatic heterocycles. The third-order valence-electron chi connectivity index (χ3n) is 3.58. The van der Waals surface area contributed by atoms with Crippen LogP contribution in [0.15, 0.2) is 24.3 Å². The number of sulfone groups is 1. The SMILES string of the molecule is CCCS(=O)(=O)C(C)C(=O)N(C)Cc1ccccc1C(=O)OC. The van der Waals surface area contributed by atoms with Gasteiger partial charge in [0.2, 0.25) is 5.91 Å². The van der Waals surface area contributed by atoms with E-state index in [1.165, 1.54) is 26.0 Å². The van der Waals surface area contributed by atoms with Crippen molar-refractivity contribution in [2.24, 2.45) is 0 Å². The van der Waals surface area contributed by atoms with Gasteiger partial charge < -0.3 is 9.64 Å². The van der Waals surface area contributed by atoms with Gasteiger partial charge in [0.05, 0.1) is 18.4 Å². The van der Waals surface area contributed by atoms with E-state index in [1.54, 1.807) is 31.2 Å². The molecular formula is C16H23NO5S. The van der Waals surface area contributed by atoms with E-state index in [2.05, 4.69) is 0 Å². The second-order valence-electron chi connectivity index (χ2n) is 5.35. The van der Waals surface area contributed by atoms with Crippen LogP contribution in [0.3, 0.4) is 0 Å². The summed E-state index contributed by atoms with van der Waals surface area (Å²) >= 11 is 0. The highest BCUT2D eigenvalue weighted by Crippen LogP contribution is 2.14. The summed E-state index contributed by atoms with van der Waals surface area (Å²) in [5, 5.41) is -1.10. The Labute approximate surface area is 137 Å². The number of hydrogen-bond donors (Lipinski definition) is 0. The van der Waals surface area contributed by atoms with Crippen molar-refractivity contribution < 1.29 is 22.7 Å². The molecule has 6 nitrogen and oxygen atoms in total. The summed E-state index contributed by atoms with van der Waals surface area (Å²) in [6.07, 6.45) is 0.467. The molecule has 1 unspecified atom stereocenters. The zero-order chi connectivity index (χ0) is 17.6. The largest absolute Gasteiger partial charge is 0.465 e. The minimum atomic E-state index is -3.46. The molecule has 1 rings (SSSR count). The van der Waals surface area contributed by atoms with Gasteiger partial charge in [0.15, 0.2) is 9.84 Å². The van der Waals surface area contributed by atoms with Crippen LogP contribution in [-0.2, 0) is 25.9 Å². The lowest BCUT2D eigenvalue weighted by Crippen LogP contribution is -2.40. The summed E-state index contributed by atoms with van der Waals surface area (Å²) in [7, 11) is -0.654. The Morgan fingerprint density at radius 1 is 1.26 bits per heavy atom. The van der Waals surface area contributed by atoms with Crippen molar-refractivity contribution in [1.29, 1.82) is 0 Å². The quantitative estimate of drug-likeness (QED) is 0.704. The minimum absolute atomic E-state index is 0.0213. The Kier molecular flexibility index (Phi) is 6.75. The fourth-order valence-corrected chi connectivity index (χ4v) is 3.64. The van der Waals surface area contributed by atoms with Gasteiger partial charge in [-0.1, -0.05) is 25.1 Å². The molecule has 0 fully saturated rings. The van der Waals surface area contributed by atoms with Crippen LogP contribution < -0.4 is 0 Å². The lowest BCUT2D eigenvalue weighted by molar-refractivity contribution is -0.129. The van der Waals surface area contributed by atoms with Crippen molar-refractivity contribution in [3.05, 3.63) is 35.4 Å². The van der Waals surface area contributed by atoms with Crippen LogP contribution in [0, 0.1) is 0 Å². The van der Waals surface area contributed by atoms with Crippen molar-refractivity contribution in [3.8, 4) is 0 Å². The van der Waals surface area contributed by atoms with Crippen molar-refractivity contribution in [2.45, 2.75) is 32.1 Å². The Hall–Kier alpha value is -1.89. The summed E-state index contributed by atoms with van der Waals surface area (Å²) < 4.78 is 28.8. The lowest BCUT2D eigenvalue weighted by Gasteiger charge is -2.22. The molecule has 0 N–H and O–H groups in total. The molecular weight excluding hydrogens is 318 g/mol. The van der Waals surface area contributed by atoms with E-state index in [0.717, 1.165) is 0 Å². The number of rotatable bonds is 7. The third-order valence-corrected chi connectivity index (χ3v) is 5.84. The highest BCUT2D eigenvalue weighted by atomic mass is 32.2. The number of ether oxygens (including phenoxy) is 1. The zero-order valence-electron chi connectivity index (χ0n) is 13.9. The van der Waals surface area contributed by atoms with E-state index >= 15 is 0 Å². The maximum absolute atomic E-state index is 12.4. The van der Waals surface area contributed by atoms with Crippen LogP contribution in [0.1, 0.15) is 36.2 Å². The first-order valence-electron chi connectivity index (χ1n) is 7.37. The number of nitrogens with zero attached hydrogens (tertiary/aromatic N) is 1. The molecule has 0 aliphatic carbocycles. The van der Waals surface area contributed by atoms with E-state index in [9.17, 15) is 18.0 Å². The molecule has 1 aromatic carbocycles. The number of hydrogen-bond acceptors (Lipinski definition) is 5. The van der Waals surface area contributed by atoms with Gasteiger partial charge in [-0.25, -0.2) is 13.2 Å². The van der Waals surface area contributed by atoms with Gasteiger partial charge in [0, 0.05) is 13.6 Å². The Morgan fingerprint density at radius 2 is 1.87 bits per heavy atom. The Morgan fingerprint density at radius 3 is 2.43 bits per heavy atom. The molecule has 0 spiro atoms. The van der Waals surface area contributed by atoms with Gasteiger partial charge in [-0.3, -0.25) is 4.79 Å². The molecule has 1 aromatic rings. The van der Waals surface area contributed by atoms with Crippen LogP contribution >= 0.6 is 0 Å². The highest BCUT2D eigenvalue weighted by molar-refractivity contribution is 7.92. The molecule has 0 aromatic heterocycles. The molecule has 1 amide bonds. The average Bonchev–Trinajstić information content (AvgIpc) is 2.53. The molecule has 7 heteroatoms. The maximum Gasteiger partial charge on any atom is 0.338 e. The van der Waals surface area contributed by atoms with Crippen LogP contribution in [0.25, 0.3) is 0 Å². The van der Waals surface area contributed by atoms with Crippen LogP contribution in [-0.4, -0.2) is 50.4 Å². The summed E-state index contributed by atoms with van der Waals surface area (Å²) in [4.78, 5) is 25.4. The van der Waals surface area contributed by atoms with Gasteiger partial charge in [-0.05, 0) is 25.0 Å². The standard InChI is InChI=1S/C16H23NO5S/c1-5-10-23(20,21)12(2)15(18)17(3)11-13-8-6-7-9-14(13)16(19)22-4/h6-9,12H,5,10-11H2,1-4H3. The minimum Gasteiger partial charge on any atom is -0.465 e. The van der Waals surface area contributed by atoms with E-state index in [1.807, 2.05) is 0 Å². The van der Waals surface area contributed by atoms with Crippen molar-refractivity contribution in [3.63, 3.8) is 0 Å². The normalized spacial score (nSPS) is 12.5. The van der Waals surface area contributed by atoms with Gasteiger partial charge in [0.25, 0.3) is 0 Å². The van der Waals surface area contributed by atoms with E-state index < -0.39 is 27.0 Å². The smallest absolute Gasteiger partial charge is 0.338 e. The summed E-state index contributed by atoms with van der Waals surface area (Å²) in [6.45, 7) is 3.29. The molecule has 128 valence electrons. The molecule has 0 heterocycles. The van der Waals surface area contributed by atoms with Gasteiger partial charge in [-0.2, -0.15) is 0 Å². The first kappa shape index (κ1) is 19.2. The van der Waals surface area contributed by atoms with Crippen molar-refractivity contribution in [2.75, 3.05) is 19.9 Å². The van der Waals surface area contributed by atoms with E-state index in [0.29, 0.717) is 17.5 Å². The molecule has 0 radical (unpaired) electrons. The van der Waals surface area contributed by atoms with Crippen LogP contribution in [0.5, 0.6) is 0 Å². The van der Waals surface area contributed by atoms with E-state index in [-0.39, 0.29) is 12.3 Å². The third kappa shape index (κ3) is 4.79. The summed E-state index contributed by atoms with van der Waals surface area (Å²) in [5.41, 5.74) is 0.967. The Bertz CT molecular complexity index is 669. The number of methoxy groups -OCH3 is 1. The van der Waals surface area contributed by atoms with Gasteiger partial charge >= 0.3 is 5.97 Å². The highest BCUT2D eigenvalue weighted by Gasteiger charge is 2.29. The number of carbonyl (C=O) groups excluding carboxylic acids is 2. The molecule has 0 bridgehead atoms. The number of benzene rings is 1. The molecule has 23 heavy (non-hydrogen) atoms. The molecule has 0 saturated carbocycles. The average molecular weight is 341 g/mol. The predicted octanol–water partition coefficient (Wildman–Crippen LogP) is 1.64. The number of amides is 1. The first-order chi connectivity index (χ1) is 10.7. The summed E-state index contributed by atoms with van der Waals surface area (Å²) in [6, 6.07) is 6.77. The van der Waals surface area contributed by atoms with Crippen LogP contribution in [0.4, 0.5) is 0 Å². The Balaban J connectivity index is 2.94. The second kappa shape index (κ2) is 8.10. The van der Waals surface area contributed by atoms with Gasteiger partial charge in [-0.15, -0.1) is 0 Å². The summed E-state index contributed by atoms with van der Waals surface area (Å²) in [5.74, 6) is -1.00. The molecule has 0 saturated heterocycles. The fourth-order valence-electron chi connectivity index (χ4n) is 2.23. The first-order valence-corrected chi connectivity index (χ1v) is 9.08. The van der Waals surface area contributed by atoms with Crippen molar-refractivity contribution >= 4 is 21.7 Å². The predicted molar refractivity (Wildman–Crippen MR) is 87.8 cm³/mol. The van der Waals surface area contributed by atoms with Crippen molar-refractivity contribution in [1.82, 2.24) is 4.90 Å². The van der Waals surface area contributed by atoms with E-state index in [4.69, 9.17) is 4.74 Å². The fraction of sp³-hybridized carbons (Fsp3) is 0.500. The zero-order valence-corrected chi connectivity index (χ0v) is 14.7. The topological polar surface area (TPSA) is 80.8 Å². The number of carbonyl (C=O) groups is 2. The lowest BCUT2D eigenvalue weighted by atomic mass is 10.1. The monoisotopic (exact) mass is 341 g/mol. The van der Waals surface area contributed by atoms with Gasteiger partial charge in [0.1, 0.15) is 5.25 Å². The molecule has 0 aliphatic rings. The maximum atomic E-state index is 12.4. The number of esters is 1. The molecule has 1 atom stereocenters.